The van der Waals surface area contributed by atoms with E-state index >= 15 is 0 Å². The Morgan fingerprint density at radius 3 is 2.69 bits per heavy atom. The van der Waals surface area contributed by atoms with Crippen LogP contribution in [0.3, 0.4) is 0 Å². The molecule has 0 aliphatic heterocycles. The van der Waals surface area contributed by atoms with Gasteiger partial charge in [0, 0.05) is 5.56 Å². The molecule has 0 amide bonds. The maximum Gasteiger partial charge on any atom is 0.131 e. The summed E-state index contributed by atoms with van der Waals surface area (Å²) >= 11 is 0. The summed E-state index contributed by atoms with van der Waals surface area (Å²) < 4.78 is 18.8. The van der Waals surface area contributed by atoms with Crippen LogP contribution in [0.2, 0.25) is 0 Å². The summed E-state index contributed by atoms with van der Waals surface area (Å²) in [5.41, 5.74) is 2.32. The Hall–Kier alpha value is -1.83. The van der Waals surface area contributed by atoms with Crippen LogP contribution in [0.5, 0.6) is 5.75 Å². The predicted molar refractivity (Wildman–Crippen MR) is 62.0 cm³/mol. The van der Waals surface area contributed by atoms with E-state index in [1.165, 1.54) is 6.07 Å². The average Bonchev–Trinajstić information content (AvgIpc) is 2.31. The van der Waals surface area contributed by atoms with Gasteiger partial charge in [0.15, 0.2) is 0 Å². The molecule has 2 aromatic carbocycles. The van der Waals surface area contributed by atoms with Gasteiger partial charge >= 0.3 is 0 Å². The monoisotopic (exact) mass is 215 g/mol. The van der Waals surface area contributed by atoms with Crippen LogP contribution in [0.1, 0.15) is 5.56 Å². The highest BCUT2D eigenvalue weighted by Gasteiger charge is 2.08. The highest BCUT2D eigenvalue weighted by atomic mass is 19.1. The highest BCUT2D eigenvalue weighted by Crippen LogP contribution is 2.28. The number of rotatable bonds is 2. The third kappa shape index (κ3) is 1.91. The number of aryl methyl sites for hydroxylation is 1. The van der Waals surface area contributed by atoms with E-state index in [1.807, 2.05) is 25.1 Å². The molecule has 2 rings (SSSR count). The zero-order chi connectivity index (χ0) is 11.5. The van der Waals surface area contributed by atoms with Crippen LogP contribution in [-0.2, 0) is 0 Å². The summed E-state index contributed by atoms with van der Waals surface area (Å²) in [7, 11) is 1.57. The second-order valence-corrected chi connectivity index (χ2v) is 3.55. The zero-order valence-electron chi connectivity index (χ0n) is 9.25. The Labute approximate surface area is 94.5 Å². The minimum Gasteiger partial charge on any atom is -0.497 e. The highest BCUT2D eigenvalue weighted by molar-refractivity contribution is 5.68. The van der Waals surface area contributed by atoms with Crippen molar-refractivity contribution in [3.63, 3.8) is 0 Å². The maximum absolute atomic E-state index is 13.7. The Balaban J connectivity index is 2.59. The van der Waals surface area contributed by atoms with Gasteiger partial charge < -0.3 is 4.74 Å². The van der Waals surface area contributed by atoms with Crippen LogP contribution in [-0.4, -0.2) is 7.11 Å². The number of benzene rings is 2. The molecule has 1 nitrogen and oxygen atoms in total. The summed E-state index contributed by atoms with van der Waals surface area (Å²) in [6, 6.07) is 13.3. The third-order valence-corrected chi connectivity index (χ3v) is 2.53. The van der Waals surface area contributed by atoms with Gasteiger partial charge in [-0.25, -0.2) is 4.39 Å². The van der Waals surface area contributed by atoms with Gasteiger partial charge in [-0.15, -0.1) is 0 Å². The van der Waals surface area contributed by atoms with Crippen molar-refractivity contribution in [1.82, 2.24) is 0 Å². The molecule has 0 saturated carbocycles. The first-order valence-electron chi connectivity index (χ1n) is 5.03. The van der Waals surface area contributed by atoms with E-state index < -0.39 is 0 Å². The molecule has 2 heteroatoms. The van der Waals surface area contributed by atoms with E-state index in [9.17, 15) is 4.39 Å². The van der Waals surface area contributed by atoms with Gasteiger partial charge in [-0.1, -0.05) is 18.2 Å². The van der Waals surface area contributed by atoms with Crippen molar-refractivity contribution in [2.24, 2.45) is 0 Å². The number of hydrogen-bond acceptors (Lipinski definition) is 1. The standard InChI is InChI=1S/C14H12FO/c1-10-5-3-4-6-12(10)13-9-11(16-2)7-8-14(13)15/h3-4,6-9H,1-2H3. The molecule has 0 unspecified atom stereocenters. The first-order chi connectivity index (χ1) is 7.72. The van der Waals surface area contributed by atoms with Gasteiger partial charge in [0.05, 0.1) is 7.11 Å². The van der Waals surface area contributed by atoms with Crippen molar-refractivity contribution in [2.45, 2.75) is 6.92 Å². The van der Waals surface area contributed by atoms with Crippen LogP contribution in [0.25, 0.3) is 11.1 Å². The predicted octanol–water partition coefficient (Wildman–Crippen LogP) is 3.61. The van der Waals surface area contributed by atoms with Crippen molar-refractivity contribution in [3.8, 4) is 16.9 Å². The van der Waals surface area contributed by atoms with E-state index in [1.54, 1.807) is 19.2 Å². The second-order valence-electron chi connectivity index (χ2n) is 3.55. The molecule has 0 N–H and O–H groups in total. The largest absolute Gasteiger partial charge is 0.497 e. The molecule has 0 heterocycles. The third-order valence-electron chi connectivity index (χ3n) is 2.53. The molecular weight excluding hydrogens is 203 g/mol. The lowest BCUT2D eigenvalue weighted by Crippen LogP contribution is -1.90. The topological polar surface area (TPSA) is 9.23 Å². The fourth-order valence-electron chi connectivity index (χ4n) is 1.65. The molecule has 16 heavy (non-hydrogen) atoms. The van der Waals surface area contributed by atoms with E-state index in [2.05, 4.69) is 6.07 Å². The number of hydrogen-bond donors (Lipinski definition) is 0. The average molecular weight is 215 g/mol. The first kappa shape index (κ1) is 10.7. The smallest absolute Gasteiger partial charge is 0.131 e. The minimum absolute atomic E-state index is 0.247. The van der Waals surface area contributed by atoms with Gasteiger partial charge in [-0.2, -0.15) is 0 Å². The molecule has 81 valence electrons. The van der Waals surface area contributed by atoms with E-state index in [0.717, 1.165) is 11.1 Å². The number of ether oxygens (including phenoxy) is 1. The molecule has 0 atom stereocenters. The fraction of sp³-hybridized carbons (Fsp3) is 0.143. The van der Waals surface area contributed by atoms with Gasteiger partial charge in [-0.05, 0) is 42.3 Å². The molecule has 0 aliphatic carbocycles. The van der Waals surface area contributed by atoms with Gasteiger partial charge in [0.25, 0.3) is 0 Å². The number of methoxy groups -OCH3 is 1. The van der Waals surface area contributed by atoms with E-state index in [4.69, 9.17) is 4.74 Å². The molecule has 0 aromatic heterocycles. The summed E-state index contributed by atoms with van der Waals surface area (Å²) in [6.07, 6.45) is 0. The summed E-state index contributed by atoms with van der Waals surface area (Å²) in [5, 5.41) is 0. The molecule has 0 bridgehead atoms. The van der Waals surface area contributed by atoms with Crippen molar-refractivity contribution in [1.29, 1.82) is 0 Å². The molecule has 0 fully saturated rings. The van der Waals surface area contributed by atoms with Gasteiger partial charge in [0.2, 0.25) is 0 Å². The molecule has 2 aromatic rings. The lowest BCUT2D eigenvalue weighted by atomic mass is 10.00. The first-order valence-corrected chi connectivity index (χ1v) is 5.03. The molecular formula is C14H12FO. The van der Waals surface area contributed by atoms with Crippen LogP contribution in [0.4, 0.5) is 4.39 Å². The Bertz CT molecular complexity index is 506. The normalized spacial score (nSPS) is 10.2. The van der Waals surface area contributed by atoms with Crippen molar-refractivity contribution in [3.05, 3.63) is 53.8 Å². The number of halogens is 1. The molecule has 0 saturated heterocycles. The van der Waals surface area contributed by atoms with Crippen molar-refractivity contribution >= 4 is 0 Å². The van der Waals surface area contributed by atoms with Crippen molar-refractivity contribution in [2.75, 3.05) is 7.11 Å². The lowest BCUT2D eigenvalue weighted by Gasteiger charge is -2.08. The summed E-state index contributed by atoms with van der Waals surface area (Å²) in [4.78, 5) is 0. The van der Waals surface area contributed by atoms with Crippen LogP contribution in [0.15, 0.2) is 36.4 Å². The van der Waals surface area contributed by atoms with E-state index in [0.29, 0.717) is 11.3 Å². The van der Waals surface area contributed by atoms with Gasteiger partial charge in [0.1, 0.15) is 11.6 Å². The lowest BCUT2D eigenvalue weighted by molar-refractivity contribution is 0.414. The Kier molecular flexibility index (Phi) is 2.91. The van der Waals surface area contributed by atoms with Crippen LogP contribution >= 0.6 is 0 Å². The summed E-state index contributed by atoms with van der Waals surface area (Å²) in [5.74, 6) is 0.406. The Morgan fingerprint density at radius 1 is 1.19 bits per heavy atom. The minimum atomic E-state index is -0.247. The molecule has 0 aliphatic rings. The zero-order valence-corrected chi connectivity index (χ0v) is 9.25. The molecule has 1 radical (unpaired) electrons. The fourth-order valence-corrected chi connectivity index (χ4v) is 1.65. The van der Waals surface area contributed by atoms with E-state index in [-0.39, 0.29) is 5.82 Å². The van der Waals surface area contributed by atoms with Crippen LogP contribution < -0.4 is 4.74 Å². The maximum atomic E-state index is 13.7. The Morgan fingerprint density at radius 2 is 2.00 bits per heavy atom. The van der Waals surface area contributed by atoms with Gasteiger partial charge in [-0.3, -0.25) is 0 Å². The van der Waals surface area contributed by atoms with Crippen molar-refractivity contribution < 1.29 is 9.13 Å². The second kappa shape index (κ2) is 4.35. The SMILES string of the molecule is COc1ccc(F)c(-c2ccc[c]c2C)c1. The quantitative estimate of drug-likeness (QED) is 0.743. The van der Waals surface area contributed by atoms with Crippen LogP contribution in [0, 0.1) is 18.8 Å². The summed E-state index contributed by atoms with van der Waals surface area (Å²) in [6.45, 7) is 1.91. The molecule has 0 spiro atoms.